The molecule has 1 heterocycles. The third-order valence-electron chi connectivity index (χ3n) is 3.23. The van der Waals surface area contributed by atoms with Crippen molar-refractivity contribution < 1.29 is 0 Å². The average molecular weight is 357 g/mol. The molecule has 2 rings (SSSR count). The van der Waals surface area contributed by atoms with E-state index in [1.807, 2.05) is 30.7 Å². The smallest absolute Gasteiger partial charge is 0.0880 e. The van der Waals surface area contributed by atoms with Gasteiger partial charge in [0.25, 0.3) is 0 Å². The van der Waals surface area contributed by atoms with Crippen LogP contribution in [0.5, 0.6) is 0 Å². The van der Waals surface area contributed by atoms with E-state index in [9.17, 15) is 0 Å². The zero-order valence-corrected chi connectivity index (χ0v) is 14.3. The van der Waals surface area contributed by atoms with Crippen molar-refractivity contribution in [3.63, 3.8) is 0 Å². The van der Waals surface area contributed by atoms with Gasteiger partial charge in [-0.1, -0.05) is 30.7 Å². The van der Waals surface area contributed by atoms with Crippen LogP contribution in [0.15, 0.2) is 22.7 Å². The Labute approximate surface area is 133 Å². The lowest BCUT2D eigenvalue weighted by atomic mass is 10.1. The maximum atomic E-state index is 6.41. The first-order valence-electron chi connectivity index (χ1n) is 6.76. The highest BCUT2D eigenvalue weighted by Gasteiger charge is 2.15. The number of aryl methyl sites for hydroxylation is 1. The molecule has 0 spiro atoms. The number of halogens is 2. The van der Waals surface area contributed by atoms with Gasteiger partial charge in [-0.05, 0) is 54.4 Å². The number of hydrogen-bond acceptors (Lipinski definition) is 2. The van der Waals surface area contributed by atoms with Crippen LogP contribution in [0.1, 0.15) is 30.3 Å². The second kappa shape index (κ2) is 6.74. The van der Waals surface area contributed by atoms with Crippen LogP contribution in [0.4, 0.5) is 0 Å². The van der Waals surface area contributed by atoms with Gasteiger partial charge < -0.3 is 5.32 Å². The van der Waals surface area contributed by atoms with Gasteiger partial charge in [0.1, 0.15) is 0 Å². The Morgan fingerprint density at radius 3 is 2.70 bits per heavy atom. The van der Waals surface area contributed by atoms with E-state index in [4.69, 9.17) is 11.6 Å². The molecule has 0 saturated carbocycles. The maximum absolute atomic E-state index is 6.41. The summed E-state index contributed by atoms with van der Waals surface area (Å²) in [4.78, 5) is 0. The zero-order chi connectivity index (χ0) is 14.7. The van der Waals surface area contributed by atoms with E-state index >= 15 is 0 Å². The lowest BCUT2D eigenvalue weighted by Gasteiger charge is -2.13. The van der Waals surface area contributed by atoms with Crippen LogP contribution >= 0.6 is 27.5 Å². The number of aromatic nitrogens is 2. The predicted molar refractivity (Wildman–Crippen MR) is 87.7 cm³/mol. The largest absolute Gasteiger partial charge is 0.313 e. The highest BCUT2D eigenvalue weighted by molar-refractivity contribution is 9.10. The second-order valence-corrected chi connectivity index (χ2v) is 6.02. The Morgan fingerprint density at radius 1 is 1.35 bits per heavy atom. The quantitative estimate of drug-likeness (QED) is 0.804. The standard InChI is InChI=1S/C15H19BrClN3/c1-4-8-18-9-12-6-5-7-13(17)15(12)20-11(3)14(16)10(2)19-20/h5-7,18H,4,8-9H2,1-3H3. The lowest BCUT2D eigenvalue weighted by molar-refractivity contribution is 0.669. The molecule has 5 heteroatoms. The zero-order valence-electron chi connectivity index (χ0n) is 12.0. The molecule has 0 atom stereocenters. The molecule has 108 valence electrons. The van der Waals surface area contributed by atoms with Gasteiger partial charge in [0.2, 0.25) is 0 Å². The summed E-state index contributed by atoms with van der Waals surface area (Å²) in [5.74, 6) is 0. The third-order valence-corrected chi connectivity index (χ3v) is 4.68. The monoisotopic (exact) mass is 355 g/mol. The topological polar surface area (TPSA) is 29.9 Å². The summed E-state index contributed by atoms with van der Waals surface area (Å²) in [5, 5.41) is 8.73. The number of nitrogens with zero attached hydrogens (tertiary/aromatic N) is 2. The Bertz CT molecular complexity index is 607. The summed E-state index contributed by atoms with van der Waals surface area (Å²) in [6.45, 7) is 7.96. The van der Waals surface area contributed by atoms with Crippen molar-refractivity contribution in [3.05, 3.63) is 44.6 Å². The SMILES string of the molecule is CCCNCc1cccc(Cl)c1-n1nc(C)c(Br)c1C. The Balaban J connectivity index is 2.46. The fraction of sp³-hybridized carbons (Fsp3) is 0.400. The molecule has 20 heavy (non-hydrogen) atoms. The Morgan fingerprint density at radius 2 is 2.10 bits per heavy atom. The maximum Gasteiger partial charge on any atom is 0.0880 e. The normalized spacial score (nSPS) is 11.1. The molecule has 0 bridgehead atoms. The van der Waals surface area contributed by atoms with E-state index in [1.165, 1.54) is 0 Å². The van der Waals surface area contributed by atoms with Crippen molar-refractivity contribution in [1.29, 1.82) is 0 Å². The number of hydrogen-bond donors (Lipinski definition) is 1. The van der Waals surface area contributed by atoms with Gasteiger partial charge >= 0.3 is 0 Å². The summed E-state index contributed by atoms with van der Waals surface area (Å²) in [7, 11) is 0. The summed E-state index contributed by atoms with van der Waals surface area (Å²) < 4.78 is 2.95. The first kappa shape index (κ1) is 15.5. The number of para-hydroxylation sites is 1. The summed E-state index contributed by atoms with van der Waals surface area (Å²) in [6.07, 6.45) is 1.11. The van der Waals surface area contributed by atoms with Crippen LogP contribution in [0, 0.1) is 13.8 Å². The van der Waals surface area contributed by atoms with Crippen molar-refractivity contribution >= 4 is 27.5 Å². The van der Waals surface area contributed by atoms with Gasteiger partial charge in [-0.2, -0.15) is 5.10 Å². The highest BCUT2D eigenvalue weighted by Crippen LogP contribution is 2.29. The van der Waals surface area contributed by atoms with Crippen LogP contribution < -0.4 is 5.32 Å². The van der Waals surface area contributed by atoms with Gasteiger partial charge in [0.05, 0.1) is 26.6 Å². The molecule has 3 nitrogen and oxygen atoms in total. The fourth-order valence-electron chi connectivity index (χ4n) is 2.18. The van der Waals surface area contributed by atoms with Crippen LogP contribution in [0.3, 0.4) is 0 Å². The molecule has 2 aromatic rings. The molecule has 0 fully saturated rings. The van der Waals surface area contributed by atoms with E-state index in [-0.39, 0.29) is 0 Å². The minimum absolute atomic E-state index is 0.721. The molecule has 0 amide bonds. The number of benzene rings is 1. The van der Waals surface area contributed by atoms with Gasteiger partial charge in [0, 0.05) is 6.54 Å². The summed E-state index contributed by atoms with van der Waals surface area (Å²) in [6, 6.07) is 5.98. The van der Waals surface area contributed by atoms with Crippen LogP contribution in [-0.4, -0.2) is 16.3 Å². The van der Waals surface area contributed by atoms with Gasteiger partial charge in [0.15, 0.2) is 0 Å². The summed E-state index contributed by atoms with van der Waals surface area (Å²) >= 11 is 9.97. The van der Waals surface area contributed by atoms with Crippen molar-refractivity contribution in [1.82, 2.24) is 15.1 Å². The van der Waals surface area contributed by atoms with Crippen LogP contribution in [-0.2, 0) is 6.54 Å². The minimum atomic E-state index is 0.721. The van der Waals surface area contributed by atoms with Gasteiger partial charge in [-0.15, -0.1) is 0 Å². The molecule has 1 aromatic heterocycles. The van der Waals surface area contributed by atoms with Crippen LogP contribution in [0.25, 0.3) is 5.69 Å². The predicted octanol–water partition coefficient (Wildman–Crippen LogP) is 4.40. The van der Waals surface area contributed by atoms with E-state index in [0.29, 0.717) is 0 Å². The van der Waals surface area contributed by atoms with E-state index in [0.717, 1.165) is 51.6 Å². The molecular formula is C15H19BrClN3. The molecule has 0 aliphatic heterocycles. The van der Waals surface area contributed by atoms with Crippen LogP contribution in [0.2, 0.25) is 5.02 Å². The second-order valence-electron chi connectivity index (χ2n) is 4.82. The third kappa shape index (κ3) is 3.08. The molecular weight excluding hydrogens is 338 g/mol. The first-order chi connectivity index (χ1) is 9.56. The number of nitrogens with one attached hydrogen (secondary N) is 1. The van der Waals surface area contributed by atoms with E-state index in [2.05, 4.69) is 39.3 Å². The molecule has 1 aromatic carbocycles. The molecule has 0 radical (unpaired) electrons. The molecule has 0 saturated heterocycles. The lowest BCUT2D eigenvalue weighted by Crippen LogP contribution is -2.16. The fourth-order valence-corrected chi connectivity index (χ4v) is 2.70. The molecule has 0 unspecified atom stereocenters. The molecule has 1 N–H and O–H groups in total. The Kier molecular flexibility index (Phi) is 5.24. The first-order valence-corrected chi connectivity index (χ1v) is 7.93. The Hall–Kier alpha value is -0.840. The highest BCUT2D eigenvalue weighted by atomic mass is 79.9. The van der Waals surface area contributed by atoms with Crippen molar-refractivity contribution in [2.75, 3.05) is 6.54 Å². The van der Waals surface area contributed by atoms with Gasteiger partial charge in [-0.3, -0.25) is 0 Å². The minimum Gasteiger partial charge on any atom is -0.313 e. The molecule has 0 aliphatic rings. The average Bonchev–Trinajstić information content (AvgIpc) is 2.67. The summed E-state index contributed by atoms with van der Waals surface area (Å²) in [5.41, 5.74) is 4.15. The van der Waals surface area contributed by atoms with E-state index < -0.39 is 0 Å². The number of rotatable bonds is 5. The van der Waals surface area contributed by atoms with E-state index in [1.54, 1.807) is 0 Å². The van der Waals surface area contributed by atoms with Crippen molar-refractivity contribution in [3.8, 4) is 5.69 Å². The van der Waals surface area contributed by atoms with Crippen molar-refractivity contribution in [2.45, 2.75) is 33.7 Å². The molecule has 0 aliphatic carbocycles. The van der Waals surface area contributed by atoms with Crippen molar-refractivity contribution in [2.24, 2.45) is 0 Å². The van der Waals surface area contributed by atoms with Gasteiger partial charge in [-0.25, -0.2) is 4.68 Å².